The first-order valence-electron chi connectivity index (χ1n) is 10.1. The van der Waals surface area contributed by atoms with Gasteiger partial charge >= 0.3 is 0 Å². The summed E-state index contributed by atoms with van der Waals surface area (Å²) < 4.78 is 11.4. The van der Waals surface area contributed by atoms with Gasteiger partial charge in [-0.3, -0.25) is 4.98 Å². The monoisotopic (exact) mass is 448 g/mol. The number of hydrogen-bond donors (Lipinski definition) is 1. The minimum atomic E-state index is 0. The average molecular weight is 449 g/mol. The summed E-state index contributed by atoms with van der Waals surface area (Å²) in [6, 6.07) is 9.86. The highest BCUT2D eigenvalue weighted by Crippen LogP contribution is 2.31. The van der Waals surface area contributed by atoms with Crippen LogP contribution in [0.5, 0.6) is 5.88 Å². The van der Waals surface area contributed by atoms with Gasteiger partial charge in [-0.15, -0.1) is 12.4 Å². The van der Waals surface area contributed by atoms with Crippen LogP contribution in [0, 0.1) is 0 Å². The van der Waals surface area contributed by atoms with E-state index < -0.39 is 0 Å². The number of rotatable bonds is 3. The summed E-state index contributed by atoms with van der Waals surface area (Å²) in [4.78, 5) is 12.8. The maximum absolute atomic E-state index is 5.98. The van der Waals surface area contributed by atoms with Crippen LogP contribution in [0.1, 0.15) is 30.9 Å². The van der Waals surface area contributed by atoms with Crippen LogP contribution >= 0.6 is 24.0 Å². The molecule has 0 radical (unpaired) electrons. The molecule has 2 aliphatic rings. The number of halogens is 2. The molecule has 1 atom stereocenters. The zero-order valence-corrected chi connectivity index (χ0v) is 18.2. The van der Waals surface area contributed by atoms with Crippen molar-refractivity contribution < 1.29 is 9.47 Å². The Morgan fingerprint density at radius 1 is 0.967 bits per heavy atom. The van der Waals surface area contributed by atoms with E-state index in [0.717, 1.165) is 67.9 Å². The lowest BCUT2D eigenvalue weighted by molar-refractivity contribution is 0.0829. The van der Waals surface area contributed by atoms with Crippen molar-refractivity contribution in [1.29, 1.82) is 0 Å². The Morgan fingerprint density at radius 3 is 2.53 bits per heavy atom. The first kappa shape index (κ1) is 22.7. The van der Waals surface area contributed by atoms with Gasteiger partial charge in [0.2, 0.25) is 5.88 Å². The van der Waals surface area contributed by atoms with E-state index in [1.54, 1.807) is 18.6 Å². The van der Waals surface area contributed by atoms with Crippen LogP contribution in [0.15, 0.2) is 48.9 Å². The Labute approximate surface area is 187 Å². The van der Waals surface area contributed by atoms with Crippen LogP contribution in [-0.4, -0.2) is 47.4 Å². The van der Waals surface area contributed by atoms with Gasteiger partial charge in [0.05, 0.1) is 0 Å². The molecule has 4 heterocycles. The standard InChI is InChI=1S/C13H19N3O2.C9H6ClN.ClH/c1-4-14-9-11(1)18-13-12(15-5-6-16-13)10-2-7-17-8-3-10;10-9-8-4-2-1-3-7(8)5-6-11-9;/h5-6,10-11,14H,1-4,7-9H2;1-6H;1H/t11-;;/m1../s1. The highest BCUT2D eigenvalue weighted by atomic mass is 35.5. The molecule has 0 bridgehead atoms. The van der Waals surface area contributed by atoms with Crippen LogP contribution in [0.2, 0.25) is 5.15 Å². The maximum atomic E-state index is 5.98. The Kier molecular flexibility index (Phi) is 8.63. The molecular weight excluding hydrogens is 423 g/mol. The summed E-state index contributed by atoms with van der Waals surface area (Å²) in [5.41, 5.74) is 1.01. The fourth-order valence-corrected chi connectivity index (χ4v) is 3.88. The van der Waals surface area contributed by atoms with Crippen molar-refractivity contribution in [3.63, 3.8) is 0 Å². The summed E-state index contributed by atoms with van der Waals surface area (Å²) in [6.07, 6.45) is 8.48. The molecule has 0 unspecified atom stereocenters. The Bertz CT molecular complexity index is 926. The molecule has 5 rings (SSSR count). The fraction of sp³-hybridized carbons (Fsp3) is 0.409. The van der Waals surface area contributed by atoms with Gasteiger partial charge in [0, 0.05) is 49.7 Å². The number of hydrogen-bond acceptors (Lipinski definition) is 6. The van der Waals surface area contributed by atoms with Gasteiger partial charge in [0.25, 0.3) is 0 Å². The van der Waals surface area contributed by atoms with Gasteiger partial charge in [0.15, 0.2) is 0 Å². The third-order valence-electron chi connectivity index (χ3n) is 5.22. The zero-order valence-electron chi connectivity index (χ0n) is 16.7. The molecule has 2 aromatic heterocycles. The molecule has 0 saturated carbocycles. The highest BCUT2D eigenvalue weighted by Gasteiger charge is 2.24. The number of ether oxygens (including phenoxy) is 2. The van der Waals surface area contributed by atoms with Gasteiger partial charge in [-0.25, -0.2) is 9.97 Å². The number of nitrogens with zero attached hydrogens (tertiary/aromatic N) is 3. The van der Waals surface area contributed by atoms with E-state index in [-0.39, 0.29) is 18.5 Å². The Hall–Kier alpha value is -1.99. The van der Waals surface area contributed by atoms with Crippen molar-refractivity contribution in [3.8, 4) is 5.88 Å². The number of fused-ring (bicyclic) bond motifs is 1. The van der Waals surface area contributed by atoms with E-state index in [2.05, 4.69) is 20.3 Å². The number of pyridine rings is 1. The van der Waals surface area contributed by atoms with Crippen LogP contribution in [0.4, 0.5) is 0 Å². The summed E-state index contributed by atoms with van der Waals surface area (Å²) in [7, 11) is 0. The lowest BCUT2D eigenvalue weighted by atomic mass is 9.96. The molecule has 0 aliphatic carbocycles. The molecule has 0 spiro atoms. The van der Waals surface area contributed by atoms with Crippen molar-refractivity contribution in [2.45, 2.75) is 31.3 Å². The van der Waals surface area contributed by atoms with Crippen LogP contribution in [0.3, 0.4) is 0 Å². The second-order valence-electron chi connectivity index (χ2n) is 7.19. The first-order valence-corrected chi connectivity index (χ1v) is 10.4. The van der Waals surface area contributed by atoms with E-state index in [9.17, 15) is 0 Å². The van der Waals surface area contributed by atoms with Gasteiger partial charge < -0.3 is 14.8 Å². The van der Waals surface area contributed by atoms with Gasteiger partial charge in [-0.2, -0.15) is 0 Å². The van der Waals surface area contributed by atoms with Crippen molar-refractivity contribution in [1.82, 2.24) is 20.3 Å². The Morgan fingerprint density at radius 2 is 1.77 bits per heavy atom. The summed E-state index contributed by atoms with van der Waals surface area (Å²) in [5, 5.41) is 6.01. The van der Waals surface area contributed by atoms with Crippen molar-refractivity contribution in [2.75, 3.05) is 26.3 Å². The molecule has 6 nitrogen and oxygen atoms in total. The van der Waals surface area contributed by atoms with Crippen molar-refractivity contribution in [3.05, 3.63) is 59.8 Å². The van der Waals surface area contributed by atoms with Crippen molar-refractivity contribution >= 4 is 34.8 Å². The quantitative estimate of drug-likeness (QED) is 0.597. The van der Waals surface area contributed by atoms with E-state index in [4.69, 9.17) is 21.1 Å². The largest absolute Gasteiger partial charge is 0.472 e. The average Bonchev–Trinajstić information content (AvgIpc) is 3.29. The van der Waals surface area contributed by atoms with Crippen molar-refractivity contribution in [2.24, 2.45) is 0 Å². The topological polar surface area (TPSA) is 69.2 Å². The lowest BCUT2D eigenvalue weighted by Crippen LogP contribution is -2.22. The summed E-state index contributed by atoms with van der Waals surface area (Å²) >= 11 is 5.85. The molecule has 2 aliphatic heterocycles. The lowest BCUT2D eigenvalue weighted by Gasteiger charge is -2.23. The molecule has 30 heavy (non-hydrogen) atoms. The second-order valence-corrected chi connectivity index (χ2v) is 7.55. The summed E-state index contributed by atoms with van der Waals surface area (Å²) in [5.74, 6) is 1.15. The SMILES string of the molecule is Cl.Clc1nccc2ccccc12.c1cnc(C2CCOCC2)c(O[C@@H]2CCNC2)n1. The van der Waals surface area contributed by atoms with Crippen LogP contribution < -0.4 is 10.1 Å². The predicted molar refractivity (Wildman–Crippen MR) is 121 cm³/mol. The summed E-state index contributed by atoms with van der Waals surface area (Å²) in [6.45, 7) is 3.55. The van der Waals surface area contributed by atoms with Gasteiger partial charge in [0.1, 0.15) is 17.0 Å². The maximum Gasteiger partial charge on any atom is 0.236 e. The van der Waals surface area contributed by atoms with E-state index >= 15 is 0 Å². The number of benzene rings is 1. The first-order chi connectivity index (χ1) is 14.3. The van der Waals surface area contributed by atoms with Crippen LogP contribution in [0.25, 0.3) is 10.8 Å². The van der Waals surface area contributed by atoms with E-state index in [0.29, 0.717) is 11.1 Å². The zero-order chi connectivity index (χ0) is 19.9. The molecule has 8 heteroatoms. The normalized spacial score (nSPS) is 18.9. The molecule has 2 saturated heterocycles. The highest BCUT2D eigenvalue weighted by molar-refractivity contribution is 6.34. The molecule has 160 valence electrons. The minimum absolute atomic E-state index is 0. The van der Waals surface area contributed by atoms with Gasteiger partial charge in [-0.1, -0.05) is 35.9 Å². The van der Waals surface area contributed by atoms with Gasteiger partial charge in [-0.05, 0) is 37.3 Å². The molecular formula is C22H26Cl2N4O2. The predicted octanol–water partition coefficient (Wildman–Crippen LogP) is 4.42. The molecule has 3 aromatic rings. The van der Waals surface area contributed by atoms with E-state index in [1.165, 1.54) is 0 Å². The number of nitrogens with one attached hydrogen (secondary N) is 1. The molecule has 0 amide bonds. The Balaban J connectivity index is 0.000000184. The molecule has 1 aromatic carbocycles. The third kappa shape index (κ3) is 5.79. The molecule has 2 fully saturated rings. The molecule has 1 N–H and O–H groups in total. The smallest absolute Gasteiger partial charge is 0.236 e. The minimum Gasteiger partial charge on any atom is -0.472 e. The third-order valence-corrected chi connectivity index (χ3v) is 5.52. The van der Waals surface area contributed by atoms with E-state index in [1.807, 2.05) is 30.3 Å². The second kappa shape index (κ2) is 11.4. The fourth-order valence-electron chi connectivity index (χ4n) is 3.65. The van der Waals surface area contributed by atoms with Crippen LogP contribution in [-0.2, 0) is 4.74 Å². The number of aromatic nitrogens is 3.